The van der Waals surface area contributed by atoms with E-state index < -0.39 is 8.25 Å². The summed E-state index contributed by atoms with van der Waals surface area (Å²) in [5, 5.41) is 0. The van der Waals surface area contributed by atoms with E-state index in [2.05, 4.69) is 0 Å². The van der Waals surface area contributed by atoms with E-state index in [4.69, 9.17) is 9.42 Å². The van der Waals surface area contributed by atoms with Crippen LogP contribution in [0, 0.1) is 0 Å². The summed E-state index contributed by atoms with van der Waals surface area (Å²) in [6.07, 6.45) is 0. The molecule has 0 aromatic heterocycles. The number of rotatable bonds is 4. The van der Waals surface area contributed by atoms with Gasteiger partial charge in [-0.3, -0.25) is 0 Å². The monoisotopic (exact) mass is 309 g/mol. The molecule has 4 heteroatoms. The Balaban J connectivity index is 2.24. The SMILES string of the molecule is O=[P+](O)Oc1cccc(-c2ccccc2)c1-c1ccccc1. The molecule has 1 unspecified atom stereocenters. The van der Waals surface area contributed by atoms with E-state index >= 15 is 0 Å². The Bertz CT molecular complexity index is 786. The Labute approximate surface area is 129 Å². The Morgan fingerprint density at radius 3 is 1.91 bits per heavy atom. The van der Waals surface area contributed by atoms with Crippen molar-refractivity contribution in [3.63, 3.8) is 0 Å². The van der Waals surface area contributed by atoms with Gasteiger partial charge in [-0.25, -0.2) is 4.52 Å². The van der Waals surface area contributed by atoms with Gasteiger partial charge < -0.3 is 0 Å². The molecule has 3 rings (SSSR count). The summed E-state index contributed by atoms with van der Waals surface area (Å²) in [4.78, 5) is 9.13. The molecule has 0 fully saturated rings. The van der Waals surface area contributed by atoms with Crippen molar-refractivity contribution in [2.45, 2.75) is 0 Å². The second-order valence-corrected chi connectivity index (χ2v) is 5.40. The first-order chi connectivity index (χ1) is 10.8. The molecule has 1 N–H and O–H groups in total. The van der Waals surface area contributed by atoms with Gasteiger partial charge in [-0.05, 0) is 22.8 Å². The van der Waals surface area contributed by atoms with Crippen LogP contribution in [0.2, 0.25) is 0 Å². The van der Waals surface area contributed by atoms with Crippen LogP contribution >= 0.6 is 8.25 Å². The maximum absolute atomic E-state index is 11.1. The topological polar surface area (TPSA) is 46.5 Å². The maximum Gasteiger partial charge on any atom is 0.747 e. The predicted molar refractivity (Wildman–Crippen MR) is 87.8 cm³/mol. The molecule has 3 aromatic carbocycles. The molecule has 0 spiro atoms. The Morgan fingerprint density at radius 2 is 1.32 bits per heavy atom. The van der Waals surface area contributed by atoms with E-state index in [0.717, 1.165) is 22.3 Å². The van der Waals surface area contributed by atoms with Gasteiger partial charge in [0.15, 0.2) is 5.75 Å². The minimum Gasteiger partial charge on any atom is -0.229 e. The fourth-order valence-corrected chi connectivity index (χ4v) is 2.77. The number of hydrogen-bond acceptors (Lipinski definition) is 2. The van der Waals surface area contributed by atoms with Crippen molar-refractivity contribution in [3.05, 3.63) is 78.9 Å². The van der Waals surface area contributed by atoms with Crippen LogP contribution in [-0.2, 0) is 4.57 Å². The van der Waals surface area contributed by atoms with Crippen molar-refractivity contribution in [3.8, 4) is 28.0 Å². The first-order valence-corrected chi connectivity index (χ1v) is 7.96. The summed E-state index contributed by atoms with van der Waals surface area (Å²) >= 11 is 0. The molecule has 0 aliphatic carbocycles. The zero-order valence-electron chi connectivity index (χ0n) is 11.7. The van der Waals surface area contributed by atoms with Crippen LogP contribution in [0.1, 0.15) is 0 Å². The molecule has 3 nitrogen and oxygen atoms in total. The molecule has 0 saturated carbocycles. The molecular weight excluding hydrogens is 295 g/mol. The van der Waals surface area contributed by atoms with E-state index in [1.807, 2.05) is 72.8 Å². The summed E-state index contributed by atoms with van der Waals surface area (Å²) in [6, 6.07) is 25.1. The molecule has 108 valence electrons. The normalized spacial score (nSPS) is 11.0. The van der Waals surface area contributed by atoms with Crippen LogP contribution in [0.15, 0.2) is 78.9 Å². The van der Waals surface area contributed by atoms with Gasteiger partial charge in [0.25, 0.3) is 0 Å². The van der Waals surface area contributed by atoms with E-state index in [0.29, 0.717) is 5.75 Å². The second-order valence-electron chi connectivity index (χ2n) is 4.74. The van der Waals surface area contributed by atoms with Gasteiger partial charge in [-0.2, -0.15) is 0 Å². The highest BCUT2D eigenvalue weighted by atomic mass is 31.1. The third-order valence-electron chi connectivity index (χ3n) is 3.35. The molecule has 0 saturated heterocycles. The summed E-state index contributed by atoms with van der Waals surface area (Å²) in [6.45, 7) is 0. The van der Waals surface area contributed by atoms with Crippen LogP contribution < -0.4 is 4.52 Å². The summed E-state index contributed by atoms with van der Waals surface area (Å²) in [5.41, 5.74) is 3.74. The minimum atomic E-state index is -2.71. The summed E-state index contributed by atoms with van der Waals surface area (Å²) in [5.74, 6) is 0.399. The summed E-state index contributed by atoms with van der Waals surface area (Å²) in [7, 11) is -2.71. The lowest BCUT2D eigenvalue weighted by molar-refractivity contribution is 0.411. The van der Waals surface area contributed by atoms with Crippen LogP contribution in [0.5, 0.6) is 5.75 Å². The lowest BCUT2D eigenvalue weighted by Crippen LogP contribution is -1.90. The molecule has 0 radical (unpaired) electrons. The van der Waals surface area contributed by atoms with E-state index in [1.165, 1.54) is 0 Å². The van der Waals surface area contributed by atoms with Gasteiger partial charge in [0, 0.05) is 10.1 Å². The Morgan fingerprint density at radius 1 is 0.727 bits per heavy atom. The smallest absolute Gasteiger partial charge is 0.229 e. The van der Waals surface area contributed by atoms with Crippen molar-refractivity contribution < 1.29 is 14.0 Å². The zero-order chi connectivity index (χ0) is 15.4. The van der Waals surface area contributed by atoms with Crippen molar-refractivity contribution in [2.75, 3.05) is 0 Å². The first-order valence-electron chi connectivity index (χ1n) is 6.83. The van der Waals surface area contributed by atoms with E-state index in [9.17, 15) is 4.57 Å². The standard InChI is InChI=1S/C18H13O3P/c19-22(20)21-17-13-7-12-16(14-8-3-1-4-9-14)18(17)15-10-5-2-6-11-15/h1-13H/p+1. The van der Waals surface area contributed by atoms with Gasteiger partial charge in [0.1, 0.15) is 0 Å². The summed E-state index contributed by atoms with van der Waals surface area (Å²) < 4.78 is 16.3. The molecule has 1 atom stereocenters. The van der Waals surface area contributed by atoms with E-state index in [-0.39, 0.29) is 0 Å². The van der Waals surface area contributed by atoms with Gasteiger partial charge in [0.05, 0.1) is 0 Å². The van der Waals surface area contributed by atoms with Gasteiger partial charge in [-0.1, -0.05) is 72.8 Å². The van der Waals surface area contributed by atoms with Crippen LogP contribution in [0.25, 0.3) is 22.3 Å². The van der Waals surface area contributed by atoms with Crippen molar-refractivity contribution in [1.29, 1.82) is 0 Å². The largest absolute Gasteiger partial charge is 0.747 e. The van der Waals surface area contributed by atoms with Crippen LogP contribution in [0.3, 0.4) is 0 Å². The van der Waals surface area contributed by atoms with Crippen LogP contribution in [0.4, 0.5) is 0 Å². The average Bonchev–Trinajstić information content (AvgIpc) is 2.56. The molecular formula is C18H14O3P+. The lowest BCUT2D eigenvalue weighted by Gasteiger charge is -2.12. The first kappa shape index (κ1) is 14.5. The van der Waals surface area contributed by atoms with Gasteiger partial charge >= 0.3 is 8.25 Å². The second kappa shape index (κ2) is 6.52. The van der Waals surface area contributed by atoms with Crippen molar-refractivity contribution >= 4 is 8.25 Å². The molecule has 3 aromatic rings. The fraction of sp³-hybridized carbons (Fsp3) is 0. The lowest BCUT2D eigenvalue weighted by atomic mass is 9.94. The third-order valence-corrected chi connectivity index (χ3v) is 3.70. The van der Waals surface area contributed by atoms with Crippen molar-refractivity contribution in [1.82, 2.24) is 0 Å². The number of hydrogen-bond donors (Lipinski definition) is 1. The molecule has 0 aliphatic heterocycles. The fourth-order valence-electron chi connectivity index (χ4n) is 2.45. The Hall–Kier alpha value is -2.48. The third kappa shape index (κ3) is 3.06. The maximum atomic E-state index is 11.1. The van der Waals surface area contributed by atoms with E-state index in [1.54, 1.807) is 6.07 Å². The van der Waals surface area contributed by atoms with Crippen molar-refractivity contribution in [2.24, 2.45) is 0 Å². The van der Waals surface area contributed by atoms with Crippen LogP contribution in [-0.4, -0.2) is 4.89 Å². The molecule has 0 heterocycles. The molecule has 0 aliphatic rings. The zero-order valence-corrected chi connectivity index (χ0v) is 12.6. The van der Waals surface area contributed by atoms with Gasteiger partial charge in [-0.15, -0.1) is 4.89 Å². The molecule has 22 heavy (non-hydrogen) atoms. The highest BCUT2D eigenvalue weighted by molar-refractivity contribution is 7.32. The predicted octanol–water partition coefficient (Wildman–Crippen LogP) is 5.05. The molecule has 0 amide bonds. The quantitative estimate of drug-likeness (QED) is 0.686. The Kier molecular flexibility index (Phi) is 4.29. The average molecular weight is 309 g/mol. The number of benzene rings is 3. The highest BCUT2D eigenvalue weighted by Gasteiger charge is 2.21. The minimum absolute atomic E-state index is 0.399. The molecule has 0 bridgehead atoms. The highest BCUT2D eigenvalue weighted by Crippen LogP contribution is 2.41. The van der Waals surface area contributed by atoms with Gasteiger partial charge in [0.2, 0.25) is 0 Å².